The topological polar surface area (TPSA) is 35.2 Å². The van der Waals surface area contributed by atoms with Crippen LogP contribution in [-0.2, 0) is 13.2 Å². The smallest absolute Gasteiger partial charge is 0.138 e. The third-order valence-electron chi connectivity index (χ3n) is 2.62. The molecule has 2 N–H and O–H groups in total. The first-order chi connectivity index (χ1) is 8.70. The molecule has 18 heavy (non-hydrogen) atoms. The second-order valence-electron chi connectivity index (χ2n) is 3.84. The number of ether oxygens (including phenoxy) is 1. The summed E-state index contributed by atoms with van der Waals surface area (Å²) in [7, 11) is 0. The van der Waals surface area contributed by atoms with Crippen LogP contribution in [0, 0.1) is 0 Å². The fourth-order valence-corrected chi connectivity index (χ4v) is 2.11. The third-order valence-corrected chi connectivity index (χ3v) is 3.15. The highest BCUT2D eigenvalue weighted by Crippen LogP contribution is 2.28. The van der Waals surface area contributed by atoms with Gasteiger partial charge in [-0.05, 0) is 29.3 Å². The maximum atomic E-state index is 6.04. The van der Waals surface area contributed by atoms with Crippen LogP contribution in [0.25, 0.3) is 0 Å². The van der Waals surface area contributed by atoms with E-state index in [0.717, 1.165) is 11.1 Å². The molecule has 0 aliphatic heterocycles. The van der Waals surface area contributed by atoms with E-state index in [1.165, 1.54) is 0 Å². The highest BCUT2D eigenvalue weighted by Gasteiger charge is 2.05. The van der Waals surface area contributed by atoms with E-state index in [1.54, 1.807) is 18.2 Å². The summed E-state index contributed by atoms with van der Waals surface area (Å²) in [6, 6.07) is 13.1. The molecule has 0 spiro atoms. The monoisotopic (exact) mass is 281 g/mol. The first kappa shape index (κ1) is 13.2. The summed E-state index contributed by atoms with van der Waals surface area (Å²) < 4.78 is 5.67. The lowest BCUT2D eigenvalue weighted by Crippen LogP contribution is -2.04. The molecule has 0 fully saturated rings. The molecule has 0 radical (unpaired) electrons. The molecule has 0 bridgehead atoms. The van der Waals surface area contributed by atoms with E-state index >= 15 is 0 Å². The highest BCUT2D eigenvalue weighted by molar-refractivity contribution is 6.35. The molecule has 0 saturated carbocycles. The van der Waals surface area contributed by atoms with Gasteiger partial charge in [-0.25, -0.2) is 0 Å². The van der Waals surface area contributed by atoms with Crippen LogP contribution < -0.4 is 10.5 Å². The molecule has 2 nitrogen and oxygen atoms in total. The zero-order valence-corrected chi connectivity index (χ0v) is 11.2. The van der Waals surface area contributed by atoms with E-state index in [4.69, 9.17) is 33.7 Å². The van der Waals surface area contributed by atoms with E-state index < -0.39 is 0 Å². The van der Waals surface area contributed by atoms with Crippen LogP contribution in [0.15, 0.2) is 42.5 Å². The Morgan fingerprint density at radius 2 is 1.72 bits per heavy atom. The van der Waals surface area contributed by atoms with Gasteiger partial charge in [0.15, 0.2) is 0 Å². The van der Waals surface area contributed by atoms with Gasteiger partial charge in [0.2, 0.25) is 0 Å². The normalized spacial score (nSPS) is 10.4. The molecule has 94 valence electrons. The van der Waals surface area contributed by atoms with Gasteiger partial charge in [-0.2, -0.15) is 0 Å². The average Bonchev–Trinajstić information content (AvgIpc) is 2.38. The van der Waals surface area contributed by atoms with Crippen molar-refractivity contribution < 1.29 is 4.74 Å². The van der Waals surface area contributed by atoms with E-state index in [9.17, 15) is 0 Å². The quantitative estimate of drug-likeness (QED) is 0.918. The number of hydrogen-bond acceptors (Lipinski definition) is 2. The van der Waals surface area contributed by atoms with Crippen LogP contribution in [0.4, 0.5) is 0 Å². The van der Waals surface area contributed by atoms with Crippen molar-refractivity contribution in [2.75, 3.05) is 0 Å². The van der Waals surface area contributed by atoms with Crippen LogP contribution in [0.3, 0.4) is 0 Å². The Morgan fingerprint density at radius 3 is 2.39 bits per heavy atom. The van der Waals surface area contributed by atoms with Crippen molar-refractivity contribution in [3.8, 4) is 5.75 Å². The Kier molecular flexibility index (Phi) is 4.48. The molecule has 0 heterocycles. The molecule has 2 aromatic rings. The summed E-state index contributed by atoms with van der Waals surface area (Å²) in [6.07, 6.45) is 0. The van der Waals surface area contributed by atoms with E-state index in [-0.39, 0.29) is 0 Å². The molecule has 4 heteroatoms. The van der Waals surface area contributed by atoms with Crippen LogP contribution in [0.2, 0.25) is 10.0 Å². The number of benzene rings is 2. The summed E-state index contributed by atoms with van der Waals surface area (Å²) >= 11 is 11.9. The predicted octanol–water partition coefficient (Wildman–Crippen LogP) is 4.03. The lowest BCUT2D eigenvalue weighted by Gasteiger charge is -2.11. The minimum absolute atomic E-state index is 0.439. The molecule has 2 aromatic carbocycles. The Labute approximate surface area is 116 Å². The molecule has 0 amide bonds. The zero-order valence-electron chi connectivity index (χ0n) is 9.70. The van der Waals surface area contributed by atoms with Crippen LogP contribution in [-0.4, -0.2) is 0 Å². The van der Waals surface area contributed by atoms with Crippen molar-refractivity contribution in [1.82, 2.24) is 0 Å². The largest absolute Gasteiger partial charge is 0.487 e. The van der Waals surface area contributed by atoms with Gasteiger partial charge in [-0.1, -0.05) is 47.5 Å². The molecule has 0 atom stereocenters. The van der Waals surface area contributed by atoms with E-state index in [0.29, 0.717) is 28.9 Å². The maximum absolute atomic E-state index is 6.04. The van der Waals surface area contributed by atoms with Crippen molar-refractivity contribution >= 4 is 23.2 Å². The molecular weight excluding hydrogens is 269 g/mol. The summed E-state index contributed by atoms with van der Waals surface area (Å²) in [6.45, 7) is 0.933. The molecule has 0 saturated heterocycles. The van der Waals surface area contributed by atoms with Crippen LogP contribution in [0.5, 0.6) is 5.75 Å². The standard InChI is InChI=1S/C14H13Cl2NO/c15-12-5-6-14(13(16)7-12)18-9-11-4-2-1-3-10(11)8-17/h1-7H,8-9,17H2. The van der Waals surface area contributed by atoms with Gasteiger partial charge < -0.3 is 10.5 Å². The highest BCUT2D eigenvalue weighted by atomic mass is 35.5. The lowest BCUT2D eigenvalue weighted by molar-refractivity contribution is 0.305. The summed E-state index contributed by atoms with van der Waals surface area (Å²) in [5.74, 6) is 0.618. The van der Waals surface area contributed by atoms with Gasteiger partial charge in [0.1, 0.15) is 12.4 Å². The molecular formula is C14H13Cl2NO. The molecule has 2 rings (SSSR count). The van der Waals surface area contributed by atoms with E-state index in [1.807, 2.05) is 24.3 Å². The second-order valence-corrected chi connectivity index (χ2v) is 4.68. The fraction of sp³-hybridized carbons (Fsp3) is 0.143. The average molecular weight is 282 g/mol. The first-order valence-electron chi connectivity index (χ1n) is 5.55. The van der Waals surface area contributed by atoms with Crippen LogP contribution >= 0.6 is 23.2 Å². The first-order valence-corrected chi connectivity index (χ1v) is 6.31. The van der Waals surface area contributed by atoms with Gasteiger partial charge in [0.25, 0.3) is 0 Å². The van der Waals surface area contributed by atoms with Crippen molar-refractivity contribution in [3.63, 3.8) is 0 Å². The van der Waals surface area contributed by atoms with Gasteiger partial charge in [0.05, 0.1) is 5.02 Å². The molecule has 0 aliphatic rings. The predicted molar refractivity (Wildman–Crippen MR) is 75.1 cm³/mol. The number of hydrogen-bond donors (Lipinski definition) is 1. The number of rotatable bonds is 4. The molecule has 0 unspecified atom stereocenters. The Balaban J connectivity index is 2.11. The summed E-state index contributed by atoms with van der Waals surface area (Å²) in [5.41, 5.74) is 7.80. The van der Waals surface area contributed by atoms with Crippen molar-refractivity contribution in [1.29, 1.82) is 0 Å². The summed E-state index contributed by atoms with van der Waals surface area (Å²) in [5, 5.41) is 1.10. The van der Waals surface area contributed by atoms with Crippen molar-refractivity contribution in [2.45, 2.75) is 13.2 Å². The minimum atomic E-state index is 0.439. The zero-order chi connectivity index (χ0) is 13.0. The third kappa shape index (κ3) is 3.16. The Bertz CT molecular complexity index is 543. The minimum Gasteiger partial charge on any atom is -0.487 e. The summed E-state index contributed by atoms with van der Waals surface area (Å²) in [4.78, 5) is 0. The maximum Gasteiger partial charge on any atom is 0.138 e. The van der Waals surface area contributed by atoms with Gasteiger partial charge in [-0.15, -0.1) is 0 Å². The van der Waals surface area contributed by atoms with Gasteiger partial charge in [-0.3, -0.25) is 0 Å². The van der Waals surface area contributed by atoms with Gasteiger partial charge in [0, 0.05) is 11.6 Å². The molecule has 0 aromatic heterocycles. The second kappa shape index (κ2) is 6.10. The fourth-order valence-electron chi connectivity index (χ4n) is 1.65. The SMILES string of the molecule is NCc1ccccc1COc1ccc(Cl)cc1Cl. The Hall–Kier alpha value is -1.22. The van der Waals surface area contributed by atoms with Crippen LogP contribution in [0.1, 0.15) is 11.1 Å². The lowest BCUT2D eigenvalue weighted by atomic mass is 10.1. The van der Waals surface area contributed by atoms with Gasteiger partial charge >= 0.3 is 0 Å². The Morgan fingerprint density at radius 1 is 1.00 bits per heavy atom. The number of halogens is 2. The van der Waals surface area contributed by atoms with Crippen molar-refractivity contribution in [3.05, 3.63) is 63.6 Å². The number of nitrogens with two attached hydrogens (primary N) is 1. The van der Waals surface area contributed by atoms with E-state index in [2.05, 4.69) is 0 Å². The molecule has 0 aliphatic carbocycles. The van der Waals surface area contributed by atoms with Crippen molar-refractivity contribution in [2.24, 2.45) is 5.73 Å².